The number of rotatable bonds is 5. The lowest BCUT2D eigenvalue weighted by atomic mass is 10.1. The smallest absolute Gasteiger partial charge is 0.272 e. The maximum absolute atomic E-state index is 11.8. The number of oxime groups is 1. The molecule has 17 heavy (non-hydrogen) atoms. The number of amidine groups is 1. The molecule has 0 fully saturated rings. The molecular formula is C10H17N5O2. The average Bonchev–Trinajstić information content (AvgIpc) is 2.74. The van der Waals surface area contributed by atoms with Crippen LogP contribution in [0.25, 0.3) is 0 Å². The van der Waals surface area contributed by atoms with Crippen molar-refractivity contribution < 1.29 is 10.0 Å². The third-order valence-electron chi connectivity index (χ3n) is 2.36. The van der Waals surface area contributed by atoms with E-state index in [0.29, 0.717) is 18.5 Å². The quantitative estimate of drug-likeness (QED) is 0.292. The molecule has 0 spiro atoms. The third-order valence-corrected chi connectivity index (χ3v) is 2.36. The predicted octanol–water partition coefficient (Wildman–Crippen LogP) is 0.0650. The van der Waals surface area contributed by atoms with Crippen LogP contribution in [0.15, 0.2) is 17.4 Å². The van der Waals surface area contributed by atoms with Crippen LogP contribution < -0.4 is 11.1 Å². The summed E-state index contributed by atoms with van der Waals surface area (Å²) in [6, 6.07) is 1.46. The number of carbonyl (C=O) groups is 1. The molecule has 0 aliphatic carbocycles. The molecule has 0 aliphatic rings. The molecule has 1 amide bonds. The van der Waals surface area contributed by atoms with Crippen molar-refractivity contribution in [3.63, 3.8) is 0 Å². The van der Waals surface area contributed by atoms with E-state index < -0.39 is 0 Å². The normalized spacial score (nSPS) is 13.4. The van der Waals surface area contributed by atoms with Crippen LogP contribution >= 0.6 is 0 Å². The zero-order chi connectivity index (χ0) is 12.8. The number of aromatic nitrogens is 2. The molecule has 0 saturated carbocycles. The van der Waals surface area contributed by atoms with Gasteiger partial charge in [0.05, 0.1) is 0 Å². The van der Waals surface area contributed by atoms with E-state index in [1.165, 1.54) is 0 Å². The lowest BCUT2D eigenvalue weighted by Crippen LogP contribution is -2.37. The Morgan fingerprint density at radius 3 is 2.94 bits per heavy atom. The standard InChI is InChI=1S/C10H17N5O2/c1-3-7(6-9(11)14-17)12-10(16)8-4-5-15(2)13-8/h4-5,7,17H,3,6H2,1-2H3,(H2,11,14)(H,12,16). The second-order valence-corrected chi connectivity index (χ2v) is 3.75. The highest BCUT2D eigenvalue weighted by atomic mass is 16.4. The number of nitrogens with two attached hydrogens (primary N) is 1. The average molecular weight is 239 g/mol. The second kappa shape index (κ2) is 5.88. The Morgan fingerprint density at radius 1 is 1.76 bits per heavy atom. The van der Waals surface area contributed by atoms with E-state index in [9.17, 15) is 4.79 Å². The molecule has 0 aliphatic heterocycles. The topological polar surface area (TPSA) is 106 Å². The lowest BCUT2D eigenvalue weighted by molar-refractivity contribution is 0.0931. The zero-order valence-electron chi connectivity index (χ0n) is 9.92. The number of amides is 1. The first-order valence-electron chi connectivity index (χ1n) is 5.33. The Kier molecular flexibility index (Phi) is 4.50. The van der Waals surface area contributed by atoms with Crippen molar-refractivity contribution in [2.75, 3.05) is 0 Å². The van der Waals surface area contributed by atoms with Crippen LogP contribution in [0.1, 0.15) is 30.3 Å². The fourth-order valence-electron chi connectivity index (χ4n) is 1.39. The Balaban J connectivity index is 2.59. The number of nitrogens with zero attached hydrogens (tertiary/aromatic N) is 3. The van der Waals surface area contributed by atoms with Crippen molar-refractivity contribution in [2.45, 2.75) is 25.8 Å². The summed E-state index contributed by atoms with van der Waals surface area (Å²) in [7, 11) is 1.74. The van der Waals surface area contributed by atoms with Gasteiger partial charge in [-0.05, 0) is 12.5 Å². The summed E-state index contributed by atoms with van der Waals surface area (Å²) >= 11 is 0. The molecule has 4 N–H and O–H groups in total. The summed E-state index contributed by atoms with van der Waals surface area (Å²) in [5, 5.41) is 18.1. The number of nitrogens with one attached hydrogen (secondary N) is 1. The van der Waals surface area contributed by atoms with Gasteiger partial charge in [0, 0.05) is 25.7 Å². The first kappa shape index (κ1) is 13.0. The van der Waals surface area contributed by atoms with E-state index in [-0.39, 0.29) is 17.8 Å². The zero-order valence-corrected chi connectivity index (χ0v) is 9.92. The van der Waals surface area contributed by atoms with Gasteiger partial charge in [-0.1, -0.05) is 12.1 Å². The Labute approximate surface area is 99.3 Å². The van der Waals surface area contributed by atoms with Gasteiger partial charge in [0.1, 0.15) is 11.5 Å². The number of hydrogen-bond acceptors (Lipinski definition) is 4. The Morgan fingerprint density at radius 2 is 2.47 bits per heavy atom. The summed E-state index contributed by atoms with van der Waals surface area (Å²) < 4.78 is 1.55. The van der Waals surface area contributed by atoms with Crippen LogP contribution in [-0.2, 0) is 7.05 Å². The van der Waals surface area contributed by atoms with Gasteiger partial charge in [0.15, 0.2) is 0 Å². The molecular weight excluding hydrogens is 222 g/mol. The van der Waals surface area contributed by atoms with Crippen LogP contribution in [0.2, 0.25) is 0 Å². The number of aryl methyl sites for hydroxylation is 1. The van der Waals surface area contributed by atoms with Gasteiger partial charge in [-0.3, -0.25) is 9.48 Å². The number of carbonyl (C=O) groups excluding carboxylic acids is 1. The van der Waals surface area contributed by atoms with Gasteiger partial charge < -0.3 is 16.3 Å². The summed E-state index contributed by atoms with van der Waals surface area (Å²) in [4.78, 5) is 11.8. The van der Waals surface area contributed by atoms with Gasteiger partial charge in [0.25, 0.3) is 5.91 Å². The summed E-state index contributed by atoms with van der Waals surface area (Å²) in [6.45, 7) is 1.91. The minimum Gasteiger partial charge on any atom is -0.409 e. The molecule has 1 rings (SSSR count). The molecule has 0 bridgehead atoms. The van der Waals surface area contributed by atoms with Gasteiger partial charge in [0.2, 0.25) is 0 Å². The first-order valence-corrected chi connectivity index (χ1v) is 5.33. The predicted molar refractivity (Wildman–Crippen MR) is 62.8 cm³/mol. The van der Waals surface area contributed by atoms with Gasteiger partial charge >= 0.3 is 0 Å². The molecule has 0 radical (unpaired) electrons. The maximum Gasteiger partial charge on any atom is 0.272 e. The lowest BCUT2D eigenvalue weighted by Gasteiger charge is -2.15. The molecule has 94 valence electrons. The van der Waals surface area contributed by atoms with E-state index in [2.05, 4.69) is 15.6 Å². The molecule has 1 aromatic rings. The third kappa shape index (κ3) is 3.78. The fraction of sp³-hybridized carbons (Fsp3) is 0.500. The van der Waals surface area contributed by atoms with Gasteiger partial charge in [-0.25, -0.2) is 0 Å². The fourth-order valence-corrected chi connectivity index (χ4v) is 1.39. The van der Waals surface area contributed by atoms with E-state index >= 15 is 0 Å². The van der Waals surface area contributed by atoms with Gasteiger partial charge in [-0.15, -0.1) is 0 Å². The molecule has 0 saturated heterocycles. The van der Waals surface area contributed by atoms with Crippen molar-refractivity contribution in [3.05, 3.63) is 18.0 Å². The highest BCUT2D eigenvalue weighted by molar-refractivity contribution is 5.92. The first-order chi connectivity index (χ1) is 8.06. The molecule has 7 nitrogen and oxygen atoms in total. The van der Waals surface area contributed by atoms with Crippen molar-refractivity contribution in [1.82, 2.24) is 15.1 Å². The van der Waals surface area contributed by atoms with Crippen LogP contribution in [-0.4, -0.2) is 32.8 Å². The summed E-state index contributed by atoms with van der Waals surface area (Å²) in [6.07, 6.45) is 2.69. The Bertz CT molecular complexity index is 413. The van der Waals surface area contributed by atoms with Crippen molar-refractivity contribution in [3.8, 4) is 0 Å². The van der Waals surface area contributed by atoms with Crippen molar-refractivity contribution in [2.24, 2.45) is 17.9 Å². The van der Waals surface area contributed by atoms with Crippen molar-refractivity contribution >= 4 is 11.7 Å². The van der Waals surface area contributed by atoms with Gasteiger partial charge in [-0.2, -0.15) is 5.10 Å². The van der Waals surface area contributed by atoms with Crippen LogP contribution in [0.5, 0.6) is 0 Å². The SMILES string of the molecule is CCC(C/C(N)=N/O)NC(=O)c1ccn(C)n1. The number of hydrogen-bond donors (Lipinski definition) is 3. The minimum absolute atomic E-state index is 0.0955. The van der Waals surface area contributed by atoms with Crippen LogP contribution in [0.4, 0.5) is 0 Å². The van der Waals surface area contributed by atoms with E-state index in [1.807, 2.05) is 6.92 Å². The second-order valence-electron chi connectivity index (χ2n) is 3.75. The summed E-state index contributed by atoms with van der Waals surface area (Å²) in [5.74, 6) is -0.165. The van der Waals surface area contributed by atoms with E-state index in [1.54, 1.807) is 24.0 Å². The summed E-state index contributed by atoms with van der Waals surface area (Å²) in [5.41, 5.74) is 5.75. The maximum atomic E-state index is 11.8. The Hall–Kier alpha value is -2.05. The largest absolute Gasteiger partial charge is 0.409 e. The van der Waals surface area contributed by atoms with Crippen molar-refractivity contribution in [1.29, 1.82) is 0 Å². The molecule has 1 heterocycles. The molecule has 1 aromatic heterocycles. The molecule has 0 aromatic carbocycles. The molecule has 7 heteroatoms. The van der Waals surface area contributed by atoms with E-state index in [0.717, 1.165) is 0 Å². The van der Waals surface area contributed by atoms with Crippen LogP contribution in [0, 0.1) is 0 Å². The minimum atomic E-state index is -0.261. The molecule has 1 atom stereocenters. The highest BCUT2D eigenvalue weighted by Crippen LogP contribution is 2.01. The monoisotopic (exact) mass is 239 g/mol. The van der Waals surface area contributed by atoms with E-state index in [4.69, 9.17) is 10.9 Å². The molecule has 1 unspecified atom stereocenters. The highest BCUT2D eigenvalue weighted by Gasteiger charge is 2.15. The van der Waals surface area contributed by atoms with Crippen LogP contribution in [0.3, 0.4) is 0 Å².